The van der Waals surface area contributed by atoms with Crippen molar-refractivity contribution in [2.24, 2.45) is 0 Å². The lowest BCUT2D eigenvalue weighted by Crippen LogP contribution is -2.38. The van der Waals surface area contributed by atoms with Crippen LogP contribution in [0.2, 0.25) is 0 Å². The van der Waals surface area contributed by atoms with Crippen LogP contribution in [0, 0.1) is 5.82 Å². The molecular weight excluding hydrogens is 397 g/mol. The molecule has 2 aromatic rings. The maximum atomic E-state index is 14.7. The lowest BCUT2D eigenvalue weighted by atomic mass is 10.1. The van der Waals surface area contributed by atoms with E-state index < -0.39 is 17.8 Å². The topological polar surface area (TPSA) is 83.5 Å². The van der Waals surface area contributed by atoms with Crippen LogP contribution in [-0.4, -0.2) is 46.6 Å². The third kappa shape index (κ3) is 4.36. The molecule has 30 heavy (non-hydrogen) atoms. The number of methoxy groups -OCH3 is 3. The zero-order chi connectivity index (χ0) is 21.7. The summed E-state index contributed by atoms with van der Waals surface area (Å²) in [6.45, 7) is -0.211. The first-order valence-electron chi connectivity index (χ1n) is 8.85. The zero-order valence-corrected chi connectivity index (χ0v) is 16.6. The SMILES string of the molecule is COC(=O)C1=C(C(=O)OC)N(c2ccc(Oc3ccc(OC)cc3)c(F)c2)COC1. The van der Waals surface area contributed by atoms with E-state index in [0.29, 0.717) is 11.5 Å². The van der Waals surface area contributed by atoms with E-state index in [4.69, 9.17) is 23.7 Å². The van der Waals surface area contributed by atoms with Crippen molar-refractivity contribution >= 4 is 17.6 Å². The molecule has 0 aromatic heterocycles. The van der Waals surface area contributed by atoms with E-state index in [9.17, 15) is 14.0 Å². The fourth-order valence-corrected chi connectivity index (χ4v) is 2.86. The minimum absolute atomic E-state index is 0.0152. The minimum atomic E-state index is -0.766. The molecule has 0 spiro atoms. The molecule has 8 nitrogen and oxygen atoms in total. The van der Waals surface area contributed by atoms with Gasteiger partial charge in [0.25, 0.3) is 0 Å². The van der Waals surface area contributed by atoms with Crippen molar-refractivity contribution in [3.05, 3.63) is 59.6 Å². The zero-order valence-electron chi connectivity index (χ0n) is 16.6. The van der Waals surface area contributed by atoms with Crippen LogP contribution in [0.25, 0.3) is 0 Å². The molecule has 3 rings (SSSR count). The summed E-state index contributed by atoms with van der Waals surface area (Å²) in [5.74, 6) is -1.12. The molecule has 1 aliphatic heterocycles. The fourth-order valence-electron chi connectivity index (χ4n) is 2.86. The maximum Gasteiger partial charge on any atom is 0.355 e. The van der Waals surface area contributed by atoms with Crippen molar-refractivity contribution in [2.75, 3.05) is 39.6 Å². The van der Waals surface area contributed by atoms with Crippen LogP contribution < -0.4 is 14.4 Å². The number of carbonyl (C=O) groups excluding carboxylic acids is 2. The Morgan fingerprint density at radius 1 is 0.967 bits per heavy atom. The van der Waals surface area contributed by atoms with Crippen molar-refractivity contribution in [3.8, 4) is 17.2 Å². The number of benzene rings is 2. The van der Waals surface area contributed by atoms with Gasteiger partial charge >= 0.3 is 11.9 Å². The lowest BCUT2D eigenvalue weighted by molar-refractivity contribution is -0.140. The van der Waals surface area contributed by atoms with Gasteiger partial charge in [-0.2, -0.15) is 0 Å². The Kier molecular flexibility index (Phi) is 6.53. The van der Waals surface area contributed by atoms with Gasteiger partial charge < -0.3 is 28.6 Å². The smallest absolute Gasteiger partial charge is 0.355 e. The van der Waals surface area contributed by atoms with E-state index in [1.165, 1.54) is 37.3 Å². The number of nitrogens with zero attached hydrogens (tertiary/aromatic N) is 1. The van der Waals surface area contributed by atoms with E-state index in [-0.39, 0.29) is 36.0 Å². The quantitative estimate of drug-likeness (QED) is 0.664. The van der Waals surface area contributed by atoms with E-state index in [1.54, 1.807) is 31.4 Å². The Labute approximate surface area is 172 Å². The van der Waals surface area contributed by atoms with Crippen LogP contribution in [0.5, 0.6) is 17.2 Å². The first-order valence-corrected chi connectivity index (χ1v) is 8.85. The van der Waals surface area contributed by atoms with E-state index in [2.05, 4.69) is 0 Å². The largest absolute Gasteiger partial charge is 0.497 e. The molecule has 0 saturated carbocycles. The molecule has 2 aromatic carbocycles. The number of esters is 2. The second kappa shape index (κ2) is 9.27. The highest BCUT2D eigenvalue weighted by Crippen LogP contribution is 2.32. The van der Waals surface area contributed by atoms with E-state index in [1.807, 2.05) is 0 Å². The summed E-state index contributed by atoms with van der Waals surface area (Å²) in [4.78, 5) is 25.7. The first kappa shape index (κ1) is 21.1. The normalized spacial score (nSPS) is 13.7. The van der Waals surface area contributed by atoms with Crippen LogP contribution >= 0.6 is 0 Å². The number of carbonyl (C=O) groups is 2. The summed E-state index contributed by atoms with van der Waals surface area (Å²) in [6.07, 6.45) is 0. The Balaban J connectivity index is 1.91. The highest BCUT2D eigenvalue weighted by molar-refractivity contribution is 6.03. The van der Waals surface area contributed by atoms with Crippen LogP contribution in [0.15, 0.2) is 53.7 Å². The predicted molar refractivity (Wildman–Crippen MR) is 104 cm³/mol. The Morgan fingerprint density at radius 3 is 2.23 bits per heavy atom. The standard InChI is InChI=1S/C21H20FNO7/c1-26-14-5-7-15(8-6-14)30-18-9-4-13(10-17(18)22)23-12-29-11-16(20(24)27-2)19(23)21(25)28-3/h4-10H,11-12H2,1-3H3. The number of ether oxygens (including phenoxy) is 5. The Hall–Kier alpha value is -3.59. The Bertz CT molecular complexity index is 972. The molecule has 0 fully saturated rings. The number of halogens is 1. The molecule has 1 aliphatic rings. The highest BCUT2D eigenvalue weighted by atomic mass is 19.1. The first-order chi connectivity index (χ1) is 14.5. The summed E-state index contributed by atoms with van der Waals surface area (Å²) in [6, 6.07) is 10.8. The van der Waals surface area contributed by atoms with Gasteiger partial charge in [0.05, 0.1) is 33.5 Å². The van der Waals surface area contributed by atoms with Gasteiger partial charge in [-0.15, -0.1) is 0 Å². The van der Waals surface area contributed by atoms with Crippen LogP contribution in [0.3, 0.4) is 0 Å². The van der Waals surface area contributed by atoms with Gasteiger partial charge in [0.2, 0.25) is 0 Å². The third-order valence-corrected chi connectivity index (χ3v) is 4.35. The van der Waals surface area contributed by atoms with Gasteiger partial charge in [0.1, 0.15) is 23.9 Å². The van der Waals surface area contributed by atoms with Crippen molar-refractivity contribution in [3.63, 3.8) is 0 Å². The average Bonchev–Trinajstić information content (AvgIpc) is 2.79. The minimum Gasteiger partial charge on any atom is -0.497 e. The molecule has 0 aliphatic carbocycles. The summed E-state index contributed by atoms with van der Waals surface area (Å²) < 4.78 is 40.2. The van der Waals surface area contributed by atoms with Crippen molar-refractivity contribution in [1.82, 2.24) is 0 Å². The Morgan fingerprint density at radius 2 is 1.63 bits per heavy atom. The number of rotatable bonds is 6. The lowest BCUT2D eigenvalue weighted by Gasteiger charge is -2.31. The molecule has 0 bridgehead atoms. The number of hydrogen-bond donors (Lipinski definition) is 0. The summed E-state index contributed by atoms with van der Waals surface area (Å²) in [5.41, 5.74) is 0.185. The molecule has 0 saturated heterocycles. The fraction of sp³-hybridized carbons (Fsp3) is 0.238. The molecule has 0 amide bonds. The molecule has 0 radical (unpaired) electrons. The van der Waals surface area contributed by atoms with Crippen molar-refractivity contribution in [2.45, 2.75) is 0 Å². The molecule has 1 heterocycles. The molecule has 0 unspecified atom stereocenters. The van der Waals surface area contributed by atoms with Gasteiger partial charge in [-0.05, 0) is 36.4 Å². The van der Waals surface area contributed by atoms with E-state index >= 15 is 0 Å². The van der Waals surface area contributed by atoms with Crippen molar-refractivity contribution < 1.29 is 37.7 Å². The van der Waals surface area contributed by atoms with Crippen LogP contribution in [0.4, 0.5) is 10.1 Å². The predicted octanol–water partition coefficient (Wildman–Crippen LogP) is 3.02. The van der Waals surface area contributed by atoms with E-state index in [0.717, 1.165) is 0 Å². The maximum absolute atomic E-state index is 14.7. The molecule has 0 N–H and O–H groups in total. The molecular formula is C21H20FNO7. The summed E-state index contributed by atoms with van der Waals surface area (Å²) in [5, 5.41) is 0. The van der Waals surface area contributed by atoms with Gasteiger partial charge in [-0.1, -0.05) is 0 Å². The summed E-state index contributed by atoms with van der Waals surface area (Å²) >= 11 is 0. The van der Waals surface area contributed by atoms with Crippen molar-refractivity contribution in [1.29, 1.82) is 0 Å². The second-order valence-electron chi connectivity index (χ2n) is 6.11. The van der Waals surface area contributed by atoms with Gasteiger partial charge in [-0.3, -0.25) is 0 Å². The highest BCUT2D eigenvalue weighted by Gasteiger charge is 2.32. The number of anilines is 1. The average molecular weight is 417 g/mol. The summed E-state index contributed by atoms with van der Waals surface area (Å²) in [7, 11) is 3.92. The third-order valence-electron chi connectivity index (χ3n) is 4.35. The van der Waals surface area contributed by atoms with Crippen LogP contribution in [-0.2, 0) is 23.8 Å². The monoisotopic (exact) mass is 417 g/mol. The second-order valence-corrected chi connectivity index (χ2v) is 6.11. The molecule has 9 heteroatoms. The van der Waals surface area contributed by atoms with Gasteiger partial charge in [-0.25, -0.2) is 14.0 Å². The molecule has 0 atom stereocenters. The van der Waals surface area contributed by atoms with Gasteiger partial charge in [0.15, 0.2) is 11.6 Å². The number of hydrogen-bond acceptors (Lipinski definition) is 8. The molecule has 158 valence electrons. The van der Waals surface area contributed by atoms with Gasteiger partial charge in [0, 0.05) is 11.8 Å². The van der Waals surface area contributed by atoms with Crippen LogP contribution in [0.1, 0.15) is 0 Å².